The second-order valence-corrected chi connectivity index (χ2v) is 8.48. The van der Waals surface area contributed by atoms with Crippen LogP contribution in [0.5, 0.6) is 0 Å². The minimum absolute atomic E-state index is 0.0233. The number of rotatable bonds is 7. The third kappa shape index (κ3) is 6.22. The maximum atomic E-state index is 13.3. The Morgan fingerprint density at radius 1 is 1.03 bits per heavy atom. The summed E-state index contributed by atoms with van der Waals surface area (Å²) in [6.45, 7) is 9.63. The predicted octanol–water partition coefficient (Wildman–Crippen LogP) is 5.09. The highest BCUT2D eigenvalue weighted by molar-refractivity contribution is 6.36. The number of hydrogen-bond acceptors (Lipinski definition) is 2. The van der Waals surface area contributed by atoms with Gasteiger partial charge in [0, 0.05) is 28.2 Å². The van der Waals surface area contributed by atoms with E-state index in [4.69, 9.17) is 23.2 Å². The quantitative estimate of drug-likeness (QED) is 0.658. The summed E-state index contributed by atoms with van der Waals surface area (Å²) in [6.07, 6.45) is 0.203. The molecule has 0 aromatic heterocycles. The van der Waals surface area contributed by atoms with Gasteiger partial charge in [-0.15, -0.1) is 0 Å². The molecule has 1 N–H and O–H groups in total. The summed E-state index contributed by atoms with van der Waals surface area (Å²) < 4.78 is 0. The molecule has 0 spiro atoms. The first-order valence-corrected chi connectivity index (χ1v) is 10.4. The number of carbonyl (C=O) groups is 2. The normalized spacial score (nSPS) is 12.0. The van der Waals surface area contributed by atoms with Crippen LogP contribution in [0.1, 0.15) is 43.0 Å². The molecule has 2 aromatic rings. The van der Waals surface area contributed by atoms with Crippen LogP contribution in [0.3, 0.4) is 0 Å². The number of benzene rings is 2. The number of carbonyl (C=O) groups excluding carboxylic acids is 2. The molecule has 0 saturated carbocycles. The molecule has 0 bridgehead atoms. The van der Waals surface area contributed by atoms with Gasteiger partial charge in [0.1, 0.15) is 6.04 Å². The third-order valence-electron chi connectivity index (χ3n) is 4.83. The number of hydrogen-bond donors (Lipinski definition) is 1. The van der Waals surface area contributed by atoms with Crippen molar-refractivity contribution < 1.29 is 9.59 Å². The highest BCUT2D eigenvalue weighted by Gasteiger charge is 2.28. The van der Waals surface area contributed by atoms with Crippen molar-refractivity contribution in [1.82, 2.24) is 10.2 Å². The van der Waals surface area contributed by atoms with Gasteiger partial charge in [0.05, 0.1) is 6.42 Å². The molecule has 4 nitrogen and oxygen atoms in total. The monoisotopic (exact) mass is 434 g/mol. The van der Waals surface area contributed by atoms with E-state index in [9.17, 15) is 9.59 Å². The molecule has 0 aliphatic rings. The lowest BCUT2D eigenvalue weighted by atomic mass is 10.0. The van der Waals surface area contributed by atoms with Crippen LogP contribution < -0.4 is 5.32 Å². The molecular formula is C23H28Cl2N2O2. The number of nitrogens with one attached hydrogen (secondary N) is 1. The van der Waals surface area contributed by atoms with Crippen LogP contribution in [-0.4, -0.2) is 28.8 Å². The summed E-state index contributed by atoms with van der Waals surface area (Å²) >= 11 is 12.7. The molecule has 2 amide bonds. The molecule has 0 radical (unpaired) electrons. The van der Waals surface area contributed by atoms with Gasteiger partial charge in [-0.05, 0) is 57.9 Å². The second kappa shape index (κ2) is 10.1. The Bertz CT molecular complexity index is 876. The summed E-state index contributed by atoms with van der Waals surface area (Å²) in [4.78, 5) is 27.5. The Labute approximate surface area is 183 Å². The maximum absolute atomic E-state index is 13.3. The first-order chi connectivity index (χ1) is 13.6. The van der Waals surface area contributed by atoms with Crippen LogP contribution in [-0.2, 0) is 22.6 Å². The Balaban J connectivity index is 2.36. The average molecular weight is 435 g/mol. The maximum Gasteiger partial charge on any atom is 0.242 e. The first-order valence-electron chi connectivity index (χ1n) is 9.69. The zero-order chi connectivity index (χ0) is 21.7. The van der Waals surface area contributed by atoms with Crippen LogP contribution in [0.2, 0.25) is 10.0 Å². The number of nitrogens with zero attached hydrogens (tertiary/aromatic N) is 1. The van der Waals surface area contributed by atoms with E-state index < -0.39 is 6.04 Å². The molecule has 156 valence electrons. The third-order valence-corrected chi connectivity index (χ3v) is 5.54. The van der Waals surface area contributed by atoms with Crippen LogP contribution in [0.15, 0.2) is 36.4 Å². The van der Waals surface area contributed by atoms with Crippen molar-refractivity contribution in [2.45, 2.75) is 59.7 Å². The van der Waals surface area contributed by atoms with E-state index in [1.54, 1.807) is 30.0 Å². The van der Waals surface area contributed by atoms with Gasteiger partial charge in [0.25, 0.3) is 0 Å². The zero-order valence-corrected chi connectivity index (χ0v) is 19.1. The fourth-order valence-corrected chi connectivity index (χ4v) is 3.61. The average Bonchev–Trinajstić information content (AvgIpc) is 2.63. The van der Waals surface area contributed by atoms with E-state index in [0.29, 0.717) is 15.6 Å². The first kappa shape index (κ1) is 23.2. The highest BCUT2D eigenvalue weighted by atomic mass is 35.5. The van der Waals surface area contributed by atoms with Crippen molar-refractivity contribution in [3.8, 4) is 0 Å². The van der Waals surface area contributed by atoms with E-state index in [-0.39, 0.29) is 30.8 Å². The summed E-state index contributed by atoms with van der Waals surface area (Å²) in [5.74, 6) is -0.362. The Hall–Kier alpha value is -2.04. The van der Waals surface area contributed by atoms with Crippen molar-refractivity contribution >= 4 is 35.0 Å². The topological polar surface area (TPSA) is 49.4 Å². The summed E-state index contributed by atoms with van der Waals surface area (Å²) in [6, 6.07) is 10.6. The molecule has 1 atom stereocenters. The zero-order valence-electron chi connectivity index (χ0n) is 17.6. The van der Waals surface area contributed by atoms with Crippen LogP contribution in [0, 0.1) is 13.8 Å². The van der Waals surface area contributed by atoms with Gasteiger partial charge in [-0.3, -0.25) is 9.59 Å². The van der Waals surface area contributed by atoms with E-state index in [1.165, 1.54) is 0 Å². The molecule has 2 rings (SSSR count). The van der Waals surface area contributed by atoms with Gasteiger partial charge in [0.2, 0.25) is 11.8 Å². The lowest BCUT2D eigenvalue weighted by molar-refractivity contribution is -0.140. The number of aryl methyl sites for hydroxylation is 2. The van der Waals surface area contributed by atoms with Gasteiger partial charge < -0.3 is 10.2 Å². The van der Waals surface area contributed by atoms with Crippen molar-refractivity contribution in [1.29, 1.82) is 0 Å². The van der Waals surface area contributed by atoms with E-state index in [0.717, 1.165) is 16.7 Å². The second-order valence-electron chi connectivity index (χ2n) is 7.67. The van der Waals surface area contributed by atoms with Crippen LogP contribution in [0.4, 0.5) is 0 Å². The molecule has 0 heterocycles. The molecule has 0 aliphatic carbocycles. The molecular weight excluding hydrogens is 407 g/mol. The Morgan fingerprint density at radius 3 is 2.24 bits per heavy atom. The van der Waals surface area contributed by atoms with Crippen molar-refractivity contribution in [2.75, 3.05) is 0 Å². The minimum Gasteiger partial charge on any atom is -0.352 e. The van der Waals surface area contributed by atoms with Crippen LogP contribution in [0.25, 0.3) is 0 Å². The van der Waals surface area contributed by atoms with E-state index in [2.05, 4.69) is 5.32 Å². The van der Waals surface area contributed by atoms with Gasteiger partial charge in [-0.2, -0.15) is 0 Å². The standard InChI is InChI=1S/C23H28Cl2N2O2/c1-14(2)26-23(29)17(5)27(13-19-20(24)7-6-8-21(19)25)22(28)12-18-11-15(3)9-10-16(18)4/h6-11,14,17H,12-13H2,1-5H3,(H,26,29). The summed E-state index contributed by atoms with van der Waals surface area (Å²) in [7, 11) is 0. The van der Waals surface area contributed by atoms with Gasteiger partial charge >= 0.3 is 0 Å². The van der Waals surface area contributed by atoms with E-state index in [1.807, 2.05) is 45.9 Å². The molecule has 6 heteroatoms. The summed E-state index contributed by atoms with van der Waals surface area (Å²) in [5.41, 5.74) is 3.71. The van der Waals surface area contributed by atoms with Crippen molar-refractivity contribution in [2.24, 2.45) is 0 Å². The lowest BCUT2D eigenvalue weighted by Gasteiger charge is -2.30. The molecule has 0 fully saturated rings. The largest absolute Gasteiger partial charge is 0.352 e. The minimum atomic E-state index is -0.664. The smallest absolute Gasteiger partial charge is 0.242 e. The number of amides is 2. The molecule has 0 saturated heterocycles. The number of halogens is 2. The predicted molar refractivity (Wildman–Crippen MR) is 119 cm³/mol. The fourth-order valence-electron chi connectivity index (χ4n) is 3.10. The molecule has 1 unspecified atom stereocenters. The van der Waals surface area contributed by atoms with Crippen molar-refractivity contribution in [3.05, 3.63) is 68.7 Å². The van der Waals surface area contributed by atoms with Gasteiger partial charge in [0.15, 0.2) is 0 Å². The molecule has 29 heavy (non-hydrogen) atoms. The Kier molecular flexibility index (Phi) is 8.12. The lowest BCUT2D eigenvalue weighted by Crippen LogP contribution is -2.49. The van der Waals surface area contributed by atoms with E-state index >= 15 is 0 Å². The fraction of sp³-hybridized carbons (Fsp3) is 0.391. The Morgan fingerprint density at radius 2 is 1.66 bits per heavy atom. The molecule has 2 aromatic carbocycles. The van der Waals surface area contributed by atoms with Crippen molar-refractivity contribution in [3.63, 3.8) is 0 Å². The highest BCUT2D eigenvalue weighted by Crippen LogP contribution is 2.27. The van der Waals surface area contributed by atoms with Gasteiger partial charge in [-0.1, -0.05) is 53.0 Å². The van der Waals surface area contributed by atoms with Crippen LogP contribution >= 0.6 is 23.2 Å². The van der Waals surface area contributed by atoms with Gasteiger partial charge in [-0.25, -0.2) is 0 Å². The summed E-state index contributed by atoms with van der Waals surface area (Å²) in [5, 5.41) is 3.82. The SMILES string of the molecule is Cc1ccc(C)c(CC(=O)N(Cc2c(Cl)cccc2Cl)C(C)C(=O)NC(C)C)c1. The molecule has 0 aliphatic heterocycles.